The first kappa shape index (κ1) is 28.8. The molecule has 2 unspecified atom stereocenters. The molecule has 214 valence electrons. The predicted octanol–water partition coefficient (Wildman–Crippen LogP) is 6.00. The van der Waals surface area contributed by atoms with Crippen LogP contribution in [0.15, 0.2) is 97.1 Å². The van der Waals surface area contributed by atoms with Crippen LogP contribution in [0.4, 0.5) is 4.79 Å². The standard InChI is InChI=1S/C33H29NO7S/c1-39-27-16-22(17-28(19-27)40-2)20-33(31(36)37,23-6-4-3-5-7-23)24-10-14-26(15-11-24)41-25-12-8-21(9-13-25)18-29-30(35)34-32(38)42-29/h3-17,19,29H,18,20H2,1-2H3,(H,36,37)(H,34,35,38). The van der Waals surface area contributed by atoms with Gasteiger partial charge in [-0.05, 0) is 71.5 Å². The van der Waals surface area contributed by atoms with E-state index in [1.165, 1.54) is 0 Å². The average Bonchev–Trinajstić information content (AvgIpc) is 3.33. The number of imide groups is 1. The first-order chi connectivity index (χ1) is 20.3. The van der Waals surface area contributed by atoms with E-state index in [0.29, 0.717) is 40.5 Å². The minimum Gasteiger partial charge on any atom is -0.497 e. The molecule has 1 aliphatic rings. The van der Waals surface area contributed by atoms with Crippen molar-refractivity contribution < 1.29 is 33.7 Å². The van der Waals surface area contributed by atoms with Crippen LogP contribution in [0.5, 0.6) is 23.0 Å². The number of nitrogens with one attached hydrogen (secondary N) is 1. The molecule has 8 nitrogen and oxygen atoms in total. The zero-order valence-corrected chi connectivity index (χ0v) is 23.9. The summed E-state index contributed by atoms with van der Waals surface area (Å²) in [6.45, 7) is 0. The van der Waals surface area contributed by atoms with Crippen LogP contribution < -0.4 is 19.5 Å². The normalized spacial score (nSPS) is 15.9. The second kappa shape index (κ2) is 12.4. The fraction of sp³-hybridized carbons (Fsp3) is 0.182. The lowest BCUT2D eigenvalue weighted by atomic mass is 9.70. The molecule has 2 atom stereocenters. The number of carboxylic acids is 1. The quantitative estimate of drug-likeness (QED) is 0.221. The number of hydrogen-bond donors (Lipinski definition) is 2. The largest absolute Gasteiger partial charge is 0.497 e. The maximum Gasteiger partial charge on any atom is 0.318 e. The summed E-state index contributed by atoms with van der Waals surface area (Å²) in [6, 6.07) is 28.9. The number of aliphatic carboxylic acids is 1. The van der Waals surface area contributed by atoms with E-state index in [9.17, 15) is 19.5 Å². The van der Waals surface area contributed by atoms with Crippen LogP contribution in [0.1, 0.15) is 22.3 Å². The lowest BCUT2D eigenvalue weighted by Gasteiger charge is -2.31. The molecule has 1 saturated heterocycles. The Labute approximate surface area is 247 Å². The van der Waals surface area contributed by atoms with Crippen molar-refractivity contribution in [1.29, 1.82) is 0 Å². The molecule has 0 bridgehead atoms. The number of carbonyl (C=O) groups excluding carboxylic acids is 2. The number of thioether (sulfide) groups is 1. The third kappa shape index (κ3) is 6.11. The van der Waals surface area contributed by atoms with Crippen LogP contribution in [0.2, 0.25) is 0 Å². The molecule has 9 heteroatoms. The zero-order chi connectivity index (χ0) is 29.7. The fourth-order valence-corrected chi connectivity index (χ4v) is 5.93. The minimum absolute atomic E-state index is 0.157. The van der Waals surface area contributed by atoms with Crippen molar-refractivity contribution in [3.8, 4) is 23.0 Å². The molecule has 0 radical (unpaired) electrons. The van der Waals surface area contributed by atoms with Gasteiger partial charge in [-0.15, -0.1) is 0 Å². The van der Waals surface area contributed by atoms with E-state index in [1.807, 2.05) is 54.6 Å². The van der Waals surface area contributed by atoms with Crippen molar-refractivity contribution >= 4 is 28.9 Å². The molecule has 0 aromatic heterocycles. The van der Waals surface area contributed by atoms with Crippen LogP contribution in [-0.2, 0) is 27.8 Å². The average molecular weight is 584 g/mol. The third-order valence-electron chi connectivity index (χ3n) is 7.21. The van der Waals surface area contributed by atoms with Crippen molar-refractivity contribution in [3.63, 3.8) is 0 Å². The molecule has 2 N–H and O–H groups in total. The van der Waals surface area contributed by atoms with Gasteiger partial charge in [-0.2, -0.15) is 0 Å². The van der Waals surface area contributed by atoms with Crippen LogP contribution >= 0.6 is 11.8 Å². The van der Waals surface area contributed by atoms with E-state index >= 15 is 0 Å². The number of carboxylic acid groups (broad SMARTS) is 1. The smallest absolute Gasteiger partial charge is 0.318 e. The first-order valence-corrected chi connectivity index (χ1v) is 14.1. The second-order valence-electron chi connectivity index (χ2n) is 9.83. The molecular formula is C33H29NO7S. The van der Waals surface area contributed by atoms with E-state index in [0.717, 1.165) is 22.9 Å². The van der Waals surface area contributed by atoms with Crippen molar-refractivity contribution in [3.05, 3.63) is 119 Å². The van der Waals surface area contributed by atoms with Crippen molar-refractivity contribution in [2.75, 3.05) is 14.2 Å². The van der Waals surface area contributed by atoms with Crippen molar-refractivity contribution in [1.82, 2.24) is 5.32 Å². The van der Waals surface area contributed by atoms with Gasteiger partial charge in [-0.3, -0.25) is 19.7 Å². The molecule has 4 aromatic carbocycles. The summed E-state index contributed by atoms with van der Waals surface area (Å²) in [7, 11) is 3.11. The summed E-state index contributed by atoms with van der Waals surface area (Å²) in [5.41, 5.74) is 1.48. The lowest BCUT2D eigenvalue weighted by Crippen LogP contribution is -2.39. The van der Waals surface area contributed by atoms with E-state index < -0.39 is 16.6 Å². The van der Waals surface area contributed by atoms with Gasteiger partial charge in [0.2, 0.25) is 5.91 Å². The van der Waals surface area contributed by atoms with E-state index in [-0.39, 0.29) is 17.6 Å². The van der Waals surface area contributed by atoms with E-state index in [2.05, 4.69) is 5.32 Å². The van der Waals surface area contributed by atoms with Gasteiger partial charge in [-0.25, -0.2) is 0 Å². The fourth-order valence-electron chi connectivity index (χ4n) is 5.07. The molecule has 0 saturated carbocycles. The lowest BCUT2D eigenvalue weighted by molar-refractivity contribution is -0.142. The highest BCUT2D eigenvalue weighted by Gasteiger charge is 2.42. The van der Waals surface area contributed by atoms with E-state index in [4.69, 9.17) is 14.2 Å². The predicted molar refractivity (Wildman–Crippen MR) is 160 cm³/mol. The zero-order valence-electron chi connectivity index (χ0n) is 23.0. The summed E-state index contributed by atoms with van der Waals surface area (Å²) in [6.07, 6.45) is 0.595. The van der Waals surface area contributed by atoms with Gasteiger partial charge >= 0.3 is 5.97 Å². The molecule has 0 spiro atoms. The topological polar surface area (TPSA) is 111 Å². The Hall–Kier alpha value is -4.76. The van der Waals surface area contributed by atoms with Gasteiger partial charge < -0.3 is 19.3 Å². The summed E-state index contributed by atoms with van der Waals surface area (Å²) in [5.74, 6) is 1.01. The van der Waals surface area contributed by atoms with Crippen molar-refractivity contribution in [2.24, 2.45) is 0 Å². The molecule has 5 rings (SSSR count). The molecule has 1 heterocycles. The Morgan fingerprint density at radius 3 is 1.88 bits per heavy atom. The highest BCUT2D eigenvalue weighted by molar-refractivity contribution is 8.15. The number of rotatable bonds is 11. The number of hydrogen-bond acceptors (Lipinski definition) is 7. The maximum absolute atomic E-state index is 13.2. The maximum atomic E-state index is 13.2. The van der Waals surface area contributed by atoms with E-state index in [1.54, 1.807) is 56.7 Å². The molecule has 1 fully saturated rings. The molecule has 2 amide bonds. The Morgan fingerprint density at radius 2 is 1.36 bits per heavy atom. The number of ether oxygens (including phenoxy) is 3. The molecular weight excluding hydrogens is 554 g/mol. The SMILES string of the molecule is COc1cc(CC(C(=O)O)(c2ccccc2)c2ccc(Oc3ccc(CC4SC(=O)NC4=O)cc3)cc2)cc(OC)c1. The van der Waals surface area contributed by atoms with Gasteiger partial charge in [0.25, 0.3) is 5.24 Å². The third-order valence-corrected chi connectivity index (χ3v) is 8.19. The number of amides is 2. The molecule has 0 aliphatic carbocycles. The molecule has 1 aliphatic heterocycles. The van der Waals surface area contributed by atoms with Gasteiger partial charge in [0.15, 0.2) is 0 Å². The Morgan fingerprint density at radius 1 is 0.786 bits per heavy atom. The van der Waals surface area contributed by atoms with Crippen molar-refractivity contribution in [2.45, 2.75) is 23.5 Å². The van der Waals surface area contributed by atoms with Crippen LogP contribution in [0.25, 0.3) is 0 Å². The summed E-state index contributed by atoms with van der Waals surface area (Å²) >= 11 is 0.998. The second-order valence-corrected chi connectivity index (χ2v) is 11.0. The van der Waals surface area contributed by atoms with Gasteiger partial charge in [0.1, 0.15) is 28.4 Å². The highest BCUT2D eigenvalue weighted by atomic mass is 32.2. The Kier molecular flexibility index (Phi) is 8.49. The minimum atomic E-state index is -1.40. The Balaban J connectivity index is 1.41. The van der Waals surface area contributed by atoms with Crippen LogP contribution in [0.3, 0.4) is 0 Å². The Bertz CT molecular complexity index is 1570. The van der Waals surface area contributed by atoms with Crippen LogP contribution in [-0.4, -0.2) is 41.7 Å². The number of carbonyl (C=O) groups is 3. The monoisotopic (exact) mass is 583 g/mol. The van der Waals surface area contributed by atoms with Gasteiger partial charge in [0.05, 0.1) is 19.5 Å². The first-order valence-electron chi connectivity index (χ1n) is 13.2. The number of methoxy groups -OCH3 is 2. The summed E-state index contributed by atoms with van der Waals surface area (Å²) < 4.78 is 16.9. The highest BCUT2D eigenvalue weighted by Crippen LogP contribution is 2.39. The molecule has 4 aromatic rings. The summed E-state index contributed by atoms with van der Waals surface area (Å²) in [4.78, 5) is 36.5. The van der Waals surface area contributed by atoms with Crippen LogP contribution in [0, 0.1) is 0 Å². The van der Waals surface area contributed by atoms with Gasteiger partial charge in [-0.1, -0.05) is 66.4 Å². The number of benzene rings is 4. The summed E-state index contributed by atoms with van der Waals surface area (Å²) in [5, 5.41) is 12.3. The van der Waals surface area contributed by atoms with Gasteiger partial charge in [0, 0.05) is 6.07 Å². The molecule has 42 heavy (non-hydrogen) atoms.